The zero-order chi connectivity index (χ0) is 12.3. The van der Waals surface area contributed by atoms with Crippen molar-refractivity contribution in [1.82, 2.24) is 4.90 Å². The largest absolute Gasteiger partial charge is 0.398 e. The highest BCUT2D eigenvalue weighted by Crippen LogP contribution is 2.19. The molecule has 4 nitrogen and oxygen atoms in total. The van der Waals surface area contributed by atoms with Gasteiger partial charge in [-0.3, -0.25) is 4.79 Å². The molecule has 2 rings (SSSR count). The van der Waals surface area contributed by atoms with Gasteiger partial charge in [-0.05, 0) is 25.0 Å². The molecule has 0 unspecified atom stereocenters. The van der Waals surface area contributed by atoms with Crippen molar-refractivity contribution in [3.05, 3.63) is 29.3 Å². The van der Waals surface area contributed by atoms with Gasteiger partial charge in [-0.1, -0.05) is 12.1 Å². The number of nitrogen functional groups attached to an aromatic ring is 1. The van der Waals surface area contributed by atoms with E-state index in [1.165, 1.54) is 0 Å². The van der Waals surface area contributed by atoms with Gasteiger partial charge < -0.3 is 15.4 Å². The number of benzene rings is 1. The van der Waals surface area contributed by atoms with Crippen LogP contribution in [0.4, 0.5) is 5.69 Å². The summed E-state index contributed by atoms with van der Waals surface area (Å²) < 4.78 is 5.35. The quantitative estimate of drug-likeness (QED) is 0.748. The molecule has 4 heteroatoms. The second kappa shape index (κ2) is 5.19. The fourth-order valence-electron chi connectivity index (χ4n) is 2.09. The first-order chi connectivity index (χ1) is 8.20. The number of ether oxygens (including phenoxy) is 1. The van der Waals surface area contributed by atoms with E-state index >= 15 is 0 Å². The fourth-order valence-corrected chi connectivity index (χ4v) is 2.09. The molecule has 0 spiro atoms. The Labute approximate surface area is 101 Å². The predicted molar refractivity (Wildman–Crippen MR) is 66.9 cm³/mol. The van der Waals surface area contributed by atoms with Crippen LogP contribution in [0.2, 0.25) is 0 Å². The molecule has 1 aromatic carbocycles. The number of nitrogens with two attached hydrogens (primary N) is 1. The highest BCUT2D eigenvalue weighted by Gasteiger charge is 2.20. The average molecular weight is 234 g/mol. The molecule has 92 valence electrons. The van der Waals surface area contributed by atoms with Crippen LogP contribution in [0.15, 0.2) is 18.2 Å². The number of carbonyl (C=O) groups excluding carboxylic acids is 1. The van der Waals surface area contributed by atoms with E-state index in [2.05, 4.69) is 0 Å². The van der Waals surface area contributed by atoms with Gasteiger partial charge in [0, 0.05) is 25.4 Å². The molecule has 0 aromatic heterocycles. The van der Waals surface area contributed by atoms with Gasteiger partial charge in [0.15, 0.2) is 0 Å². The maximum absolute atomic E-state index is 12.4. The van der Waals surface area contributed by atoms with E-state index in [1.807, 2.05) is 24.0 Å². The Kier molecular flexibility index (Phi) is 3.64. The van der Waals surface area contributed by atoms with Crippen LogP contribution in [-0.4, -0.2) is 37.1 Å². The molecule has 0 saturated carbocycles. The van der Waals surface area contributed by atoms with Gasteiger partial charge in [0.2, 0.25) is 0 Å². The van der Waals surface area contributed by atoms with Crippen molar-refractivity contribution in [3.63, 3.8) is 0 Å². The lowest BCUT2D eigenvalue weighted by molar-refractivity contribution is 0.0741. The zero-order valence-electron chi connectivity index (χ0n) is 10.1. The summed E-state index contributed by atoms with van der Waals surface area (Å²) in [6.07, 6.45) is 0.886. The molecule has 2 N–H and O–H groups in total. The summed E-state index contributed by atoms with van der Waals surface area (Å²) in [6.45, 7) is 4.64. The number of amides is 1. The molecular formula is C13H18N2O2. The summed E-state index contributed by atoms with van der Waals surface area (Å²) >= 11 is 0. The molecule has 1 heterocycles. The lowest BCUT2D eigenvalue weighted by atomic mass is 10.1. The summed E-state index contributed by atoms with van der Waals surface area (Å²) in [5.74, 6) is 0.0195. The molecule has 1 fully saturated rings. The normalized spacial score (nSPS) is 16.6. The van der Waals surface area contributed by atoms with Crippen LogP contribution < -0.4 is 5.73 Å². The maximum atomic E-state index is 12.4. The van der Waals surface area contributed by atoms with Gasteiger partial charge in [-0.2, -0.15) is 0 Å². The third-order valence-corrected chi connectivity index (χ3v) is 3.03. The molecule has 1 aliphatic heterocycles. The van der Waals surface area contributed by atoms with Gasteiger partial charge >= 0.3 is 0 Å². The van der Waals surface area contributed by atoms with Gasteiger partial charge in [0.1, 0.15) is 0 Å². The van der Waals surface area contributed by atoms with Crippen molar-refractivity contribution in [2.45, 2.75) is 13.3 Å². The van der Waals surface area contributed by atoms with E-state index in [9.17, 15) is 4.79 Å². The van der Waals surface area contributed by atoms with Crippen LogP contribution in [0.1, 0.15) is 22.3 Å². The molecule has 0 bridgehead atoms. The standard InChI is InChI=1S/C13H18N2O2/c1-10-4-2-5-11(14)12(10)13(16)15-6-3-8-17-9-7-15/h2,4-5H,3,6-9,14H2,1H3. The Bertz CT molecular complexity index is 390. The molecule has 1 saturated heterocycles. The van der Waals surface area contributed by atoms with E-state index in [-0.39, 0.29) is 5.91 Å². The van der Waals surface area contributed by atoms with E-state index < -0.39 is 0 Å². The number of aryl methyl sites for hydroxylation is 1. The van der Waals surface area contributed by atoms with E-state index in [0.717, 1.165) is 25.1 Å². The van der Waals surface area contributed by atoms with Gasteiger partial charge in [0.05, 0.1) is 12.2 Å². The Morgan fingerprint density at radius 3 is 2.94 bits per heavy atom. The van der Waals surface area contributed by atoms with Gasteiger partial charge in [0.25, 0.3) is 5.91 Å². The van der Waals surface area contributed by atoms with Crippen LogP contribution in [0, 0.1) is 6.92 Å². The minimum Gasteiger partial charge on any atom is -0.398 e. The number of anilines is 1. The molecule has 17 heavy (non-hydrogen) atoms. The van der Waals surface area contributed by atoms with Crippen molar-refractivity contribution in [3.8, 4) is 0 Å². The first-order valence-corrected chi connectivity index (χ1v) is 5.92. The third kappa shape index (κ3) is 2.58. The van der Waals surface area contributed by atoms with E-state index in [4.69, 9.17) is 10.5 Å². The zero-order valence-corrected chi connectivity index (χ0v) is 10.1. The topological polar surface area (TPSA) is 55.6 Å². The first-order valence-electron chi connectivity index (χ1n) is 5.92. The molecular weight excluding hydrogens is 216 g/mol. The number of hydrogen-bond acceptors (Lipinski definition) is 3. The highest BCUT2D eigenvalue weighted by molar-refractivity contribution is 6.00. The monoisotopic (exact) mass is 234 g/mol. The van der Waals surface area contributed by atoms with Crippen molar-refractivity contribution >= 4 is 11.6 Å². The molecule has 1 aromatic rings. The predicted octanol–water partition coefficient (Wildman–Crippen LogP) is 1.44. The Balaban J connectivity index is 2.23. The minimum absolute atomic E-state index is 0.0195. The number of nitrogens with zero attached hydrogens (tertiary/aromatic N) is 1. The summed E-state index contributed by atoms with van der Waals surface area (Å²) in [7, 11) is 0. The SMILES string of the molecule is Cc1cccc(N)c1C(=O)N1CCCOCC1. The second-order valence-electron chi connectivity index (χ2n) is 4.30. The first kappa shape index (κ1) is 11.9. The highest BCUT2D eigenvalue weighted by atomic mass is 16.5. The third-order valence-electron chi connectivity index (χ3n) is 3.03. The number of carbonyl (C=O) groups is 1. The minimum atomic E-state index is 0.0195. The summed E-state index contributed by atoms with van der Waals surface area (Å²) in [6, 6.07) is 5.56. The van der Waals surface area contributed by atoms with Crippen LogP contribution in [0.3, 0.4) is 0 Å². The van der Waals surface area contributed by atoms with Crippen LogP contribution in [0.25, 0.3) is 0 Å². The number of hydrogen-bond donors (Lipinski definition) is 1. The smallest absolute Gasteiger partial charge is 0.256 e. The van der Waals surface area contributed by atoms with Gasteiger partial charge in [-0.15, -0.1) is 0 Å². The maximum Gasteiger partial charge on any atom is 0.256 e. The lowest BCUT2D eigenvalue weighted by Crippen LogP contribution is -2.34. The summed E-state index contributed by atoms with van der Waals surface area (Å²) in [5, 5.41) is 0. The molecule has 0 radical (unpaired) electrons. The van der Waals surface area contributed by atoms with Crippen LogP contribution in [-0.2, 0) is 4.74 Å². The van der Waals surface area contributed by atoms with Crippen molar-refractivity contribution in [2.75, 3.05) is 32.0 Å². The molecule has 0 aliphatic carbocycles. The lowest BCUT2D eigenvalue weighted by Gasteiger charge is -2.21. The fraction of sp³-hybridized carbons (Fsp3) is 0.462. The Morgan fingerprint density at radius 2 is 2.18 bits per heavy atom. The Morgan fingerprint density at radius 1 is 1.35 bits per heavy atom. The molecule has 1 amide bonds. The van der Waals surface area contributed by atoms with Crippen LogP contribution >= 0.6 is 0 Å². The number of rotatable bonds is 1. The van der Waals surface area contributed by atoms with E-state index in [1.54, 1.807) is 6.07 Å². The van der Waals surface area contributed by atoms with E-state index in [0.29, 0.717) is 24.4 Å². The van der Waals surface area contributed by atoms with Crippen molar-refractivity contribution in [2.24, 2.45) is 0 Å². The van der Waals surface area contributed by atoms with Crippen molar-refractivity contribution in [1.29, 1.82) is 0 Å². The average Bonchev–Trinajstić information content (AvgIpc) is 2.57. The second-order valence-corrected chi connectivity index (χ2v) is 4.30. The molecule has 1 aliphatic rings. The molecule has 0 atom stereocenters. The summed E-state index contributed by atoms with van der Waals surface area (Å²) in [5.41, 5.74) is 8.01. The van der Waals surface area contributed by atoms with Crippen LogP contribution in [0.5, 0.6) is 0 Å². The van der Waals surface area contributed by atoms with Crippen molar-refractivity contribution < 1.29 is 9.53 Å². The summed E-state index contributed by atoms with van der Waals surface area (Å²) in [4.78, 5) is 14.2. The Hall–Kier alpha value is -1.55. The van der Waals surface area contributed by atoms with Gasteiger partial charge in [-0.25, -0.2) is 0 Å².